The number of benzene rings is 1. The van der Waals surface area contributed by atoms with Gasteiger partial charge in [-0.25, -0.2) is 14.3 Å². The van der Waals surface area contributed by atoms with Gasteiger partial charge in [0.1, 0.15) is 5.69 Å². The summed E-state index contributed by atoms with van der Waals surface area (Å²) >= 11 is 18.5. The molecule has 0 radical (unpaired) electrons. The summed E-state index contributed by atoms with van der Waals surface area (Å²) in [5.74, 6) is -2.75. The SMILES string of the molecule is CNC(=O)c1cc(Cl)cc(Cl)c1NC(=O)c1cc(Cn2nnnc2C(F)(F)F)nn1-c1ncccc1Cl. The quantitative estimate of drug-likeness (QED) is 0.357. The van der Waals surface area contributed by atoms with Crippen LogP contribution in [0.25, 0.3) is 5.82 Å². The number of carbonyl (C=O) groups is 2. The fourth-order valence-corrected chi connectivity index (χ4v) is 3.97. The number of hydrogen-bond acceptors (Lipinski definition) is 7. The Bertz CT molecular complexity index is 1500. The Hall–Kier alpha value is -3.75. The molecule has 3 aromatic heterocycles. The molecule has 0 unspecified atom stereocenters. The van der Waals surface area contributed by atoms with E-state index in [1.54, 1.807) is 0 Å². The maximum absolute atomic E-state index is 13.4. The van der Waals surface area contributed by atoms with E-state index in [1.807, 2.05) is 0 Å². The molecule has 2 N–H and O–H groups in total. The van der Waals surface area contributed by atoms with E-state index in [0.29, 0.717) is 4.68 Å². The van der Waals surface area contributed by atoms with Crippen molar-refractivity contribution in [3.8, 4) is 5.82 Å². The standard InChI is InChI=1S/C20H13Cl3F3N9O2/c1-27-17(36)11-5-9(21)6-13(23)15(11)29-18(37)14-7-10(8-34-19(20(24,25)26)30-32-33-34)31-35(14)16-12(22)3-2-4-28-16/h2-7H,8H2,1H3,(H,27,36)(H,29,37). The van der Waals surface area contributed by atoms with Crippen LogP contribution in [0.2, 0.25) is 15.1 Å². The zero-order chi connectivity index (χ0) is 26.9. The highest BCUT2D eigenvalue weighted by molar-refractivity contribution is 6.38. The van der Waals surface area contributed by atoms with Gasteiger partial charge in [-0.15, -0.1) is 5.10 Å². The molecule has 2 amide bonds. The van der Waals surface area contributed by atoms with E-state index in [0.717, 1.165) is 4.68 Å². The summed E-state index contributed by atoms with van der Waals surface area (Å²) in [5, 5.41) is 18.8. The zero-order valence-electron chi connectivity index (χ0n) is 18.4. The second kappa shape index (κ2) is 10.3. The van der Waals surface area contributed by atoms with Crippen LogP contribution in [0, 0.1) is 0 Å². The van der Waals surface area contributed by atoms with Gasteiger partial charge in [0.15, 0.2) is 5.82 Å². The molecule has 3 heterocycles. The van der Waals surface area contributed by atoms with Crippen LogP contribution in [0.4, 0.5) is 18.9 Å². The van der Waals surface area contributed by atoms with Crippen LogP contribution in [0.3, 0.4) is 0 Å². The van der Waals surface area contributed by atoms with Crippen LogP contribution in [-0.2, 0) is 12.7 Å². The van der Waals surface area contributed by atoms with Crippen LogP contribution < -0.4 is 10.6 Å². The third-order valence-corrected chi connectivity index (χ3v) is 5.61. The molecule has 0 spiro atoms. The first kappa shape index (κ1) is 26.3. The minimum Gasteiger partial charge on any atom is -0.355 e. The van der Waals surface area contributed by atoms with Gasteiger partial charge in [0.05, 0.1) is 33.5 Å². The molecule has 4 aromatic rings. The number of carbonyl (C=O) groups excluding carboxylic acids is 2. The van der Waals surface area contributed by atoms with Crippen LogP contribution in [-0.4, -0.2) is 53.8 Å². The van der Waals surface area contributed by atoms with Gasteiger partial charge < -0.3 is 10.6 Å². The Morgan fingerprint density at radius 2 is 1.84 bits per heavy atom. The maximum Gasteiger partial charge on any atom is 0.453 e. The number of halogens is 6. The van der Waals surface area contributed by atoms with Gasteiger partial charge in [-0.3, -0.25) is 9.59 Å². The Morgan fingerprint density at radius 1 is 1.08 bits per heavy atom. The minimum absolute atomic E-state index is 0.0158. The van der Waals surface area contributed by atoms with E-state index < -0.39 is 30.4 Å². The lowest BCUT2D eigenvalue weighted by molar-refractivity contribution is -0.147. The highest BCUT2D eigenvalue weighted by Crippen LogP contribution is 2.31. The third kappa shape index (κ3) is 5.50. The summed E-state index contributed by atoms with van der Waals surface area (Å²) in [7, 11) is 1.38. The molecule has 192 valence electrons. The normalized spacial score (nSPS) is 11.4. The molecule has 0 fully saturated rings. The first-order valence-electron chi connectivity index (χ1n) is 10.0. The first-order chi connectivity index (χ1) is 17.5. The maximum atomic E-state index is 13.4. The van der Waals surface area contributed by atoms with E-state index in [4.69, 9.17) is 34.8 Å². The van der Waals surface area contributed by atoms with Gasteiger partial charge in [0, 0.05) is 18.3 Å². The van der Waals surface area contributed by atoms with Crippen molar-refractivity contribution in [2.75, 3.05) is 12.4 Å². The number of alkyl halides is 3. The summed E-state index contributed by atoms with van der Waals surface area (Å²) in [4.78, 5) is 29.8. The van der Waals surface area contributed by atoms with Crippen LogP contribution in [0.15, 0.2) is 36.5 Å². The minimum atomic E-state index is -4.82. The number of anilines is 1. The van der Waals surface area contributed by atoms with Gasteiger partial charge in [-0.1, -0.05) is 34.8 Å². The van der Waals surface area contributed by atoms with Gasteiger partial charge in [0.2, 0.25) is 0 Å². The van der Waals surface area contributed by atoms with Crippen LogP contribution >= 0.6 is 34.8 Å². The van der Waals surface area contributed by atoms with Crippen molar-refractivity contribution < 1.29 is 22.8 Å². The van der Waals surface area contributed by atoms with E-state index in [9.17, 15) is 22.8 Å². The van der Waals surface area contributed by atoms with Gasteiger partial charge >= 0.3 is 6.18 Å². The molecule has 17 heteroatoms. The summed E-state index contributed by atoms with van der Waals surface area (Å²) in [6.45, 7) is -0.537. The topological polar surface area (TPSA) is 133 Å². The highest BCUT2D eigenvalue weighted by atomic mass is 35.5. The molecular weight excluding hydrogens is 562 g/mol. The van der Waals surface area contributed by atoms with E-state index in [-0.39, 0.29) is 43.5 Å². The zero-order valence-corrected chi connectivity index (χ0v) is 20.7. The third-order valence-electron chi connectivity index (χ3n) is 4.79. The molecule has 0 aliphatic rings. The second-order valence-electron chi connectivity index (χ2n) is 7.24. The van der Waals surface area contributed by atoms with Gasteiger partial charge in [-0.2, -0.15) is 18.3 Å². The number of rotatable bonds is 6. The highest BCUT2D eigenvalue weighted by Gasteiger charge is 2.38. The number of amides is 2. The predicted octanol–water partition coefficient (Wildman–Crippen LogP) is 3.89. The molecule has 0 saturated carbocycles. The molecular formula is C20H13Cl3F3N9O2. The van der Waals surface area contributed by atoms with Crippen molar-refractivity contribution in [2.24, 2.45) is 0 Å². The average Bonchev–Trinajstić information content (AvgIpc) is 3.48. The smallest absolute Gasteiger partial charge is 0.355 e. The fraction of sp³-hybridized carbons (Fsp3) is 0.150. The molecule has 0 atom stereocenters. The Morgan fingerprint density at radius 3 is 2.51 bits per heavy atom. The lowest BCUT2D eigenvalue weighted by atomic mass is 10.1. The molecule has 4 rings (SSSR count). The van der Waals surface area contributed by atoms with E-state index in [1.165, 1.54) is 43.6 Å². The Balaban J connectivity index is 1.78. The largest absolute Gasteiger partial charge is 0.453 e. The molecule has 1 aromatic carbocycles. The molecule has 0 aliphatic heterocycles. The van der Waals surface area contributed by atoms with Crippen molar-refractivity contribution in [3.05, 3.63) is 74.4 Å². The van der Waals surface area contributed by atoms with Crippen molar-refractivity contribution in [1.82, 2.24) is 40.3 Å². The summed E-state index contributed by atoms with van der Waals surface area (Å²) in [6.07, 6.45) is -3.44. The van der Waals surface area contributed by atoms with Crippen molar-refractivity contribution in [2.45, 2.75) is 12.7 Å². The fourth-order valence-electron chi connectivity index (χ4n) is 3.22. The Kier molecular flexibility index (Phi) is 7.34. The van der Waals surface area contributed by atoms with Crippen molar-refractivity contribution >= 4 is 52.3 Å². The summed E-state index contributed by atoms with van der Waals surface area (Å²) in [6, 6.07) is 6.84. The molecule has 37 heavy (non-hydrogen) atoms. The molecule has 0 aliphatic carbocycles. The van der Waals surface area contributed by atoms with Crippen molar-refractivity contribution in [3.63, 3.8) is 0 Å². The molecule has 11 nitrogen and oxygen atoms in total. The second-order valence-corrected chi connectivity index (χ2v) is 8.49. The van der Waals surface area contributed by atoms with Gasteiger partial charge in [-0.05, 0) is 40.8 Å². The van der Waals surface area contributed by atoms with Crippen LogP contribution in [0.1, 0.15) is 32.4 Å². The number of tetrazole rings is 1. The number of hydrogen-bond donors (Lipinski definition) is 2. The Labute approximate surface area is 220 Å². The number of aromatic nitrogens is 7. The first-order valence-corrected chi connectivity index (χ1v) is 11.2. The van der Waals surface area contributed by atoms with E-state index in [2.05, 4.69) is 36.2 Å². The molecule has 0 bridgehead atoms. The number of nitrogens with zero attached hydrogens (tertiary/aromatic N) is 7. The number of pyridine rings is 1. The molecule has 0 saturated heterocycles. The van der Waals surface area contributed by atoms with E-state index >= 15 is 0 Å². The lowest BCUT2D eigenvalue weighted by Gasteiger charge is -2.13. The monoisotopic (exact) mass is 573 g/mol. The number of nitrogens with one attached hydrogen (secondary N) is 2. The van der Waals surface area contributed by atoms with Crippen LogP contribution in [0.5, 0.6) is 0 Å². The van der Waals surface area contributed by atoms with Gasteiger partial charge in [0.25, 0.3) is 17.6 Å². The summed E-state index contributed by atoms with van der Waals surface area (Å²) in [5.41, 5.74) is -0.305. The van der Waals surface area contributed by atoms with Crippen molar-refractivity contribution in [1.29, 1.82) is 0 Å². The average molecular weight is 575 g/mol. The lowest BCUT2D eigenvalue weighted by Crippen LogP contribution is -2.23. The predicted molar refractivity (Wildman–Crippen MR) is 126 cm³/mol. The summed E-state index contributed by atoms with van der Waals surface area (Å²) < 4.78 is 41.2.